The highest BCUT2D eigenvalue weighted by Crippen LogP contribution is 2.07. The molecule has 0 bridgehead atoms. The van der Waals surface area contributed by atoms with Crippen LogP contribution in [0, 0.1) is 18.8 Å². The Morgan fingerprint density at radius 3 is 2.80 bits per heavy atom. The molecule has 0 aliphatic heterocycles. The van der Waals surface area contributed by atoms with E-state index in [-0.39, 0.29) is 6.42 Å². The number of amides is 1. The fourth-order valence-electron chi connectivity index (χ4n) is 1.12. The molecule has 0 aliphatic carbocycles. The molecule has 0 saturated heterocycles. The van der Waals surface area contributed by atoms with Crippen LogP contribution in [-0.2, 0) is 4.79 Å². The van der Waals surface area contributed by atoms with Gasteiger partial charge in [-0.05, 0) is 24.6 Å². The minimum Gasteiger partial charge on any atom is -0.369 e. The Bertz CT molecular complexity index is 452. The van der Waals surface area contributed by atoms with Crippen LogP contribution in [0.5, 0.6) is 0 Å². The van der Waals surface area contributed by atoms with Gasteiger partial charge in [0.15, 0.2) is 0 Å². The molecule has 0 spiro atoms. The highest BCUT2D eigenvalue weighted by Gasteiger charge is 1.96. The maximum absolute atomic E-state index is 10.5. The van der Waals surface area contributed by atoms with E-state index < -0.39 is 5.91 Å². The fraction of sp³-hybridized carbons (Fsp3) is 0.167. The highest BCUT2D eigenvalue weighted by atomic mass is 16.1. The first-order valence-electron chi connectivity index (χ1n) is 4.46. The zero-order valence-corrected chi connectivity index (χ0v) is 8.41. The van der Waals surface area contributed by atoms with Crippen molar-refractivity contribution < 1.29 is 9.59 Å². The van der Waals surface area contributed by atoms with Crippen LogP contribution in [0.1, 0.15) is 27.9 Å². The molecule has 0 unspecified atom stereocenters. The Kier molecular flexibility index (Phi) is 3.64. The van der Waals surface area contributed by atoms with Crippen molar-refractivity contribution in [3.63, 3.8) is 0 Å². The van der Waals surface area contributed by atoms with Gasteiger partial charge in [-0.1, -0.05) is 17.9 Å². The Balaban J connectivity index is 2.87. The summed E-state index contributed by atoms with van der Waals surface area (Å²) in [4.78, 5) is 21.0. The van der Waals surface area contributed by atoms with Gasteiger partial charge in [-0.15, -0.1) is 0 Å². The standard InChI is InChI=1S/C12H11NO2/c1-9-7-10(3-2-4-12(13)15)5-6-11(9)8-14/h5-8H,4H2,1H3,(H2,13,15). The monoisotopic (exact) mass is 201 g/mol. The lowest BCUT2D eigenvalue weighted by Crippen LogP contribution is -2.08. The van der Waals surface area contributed by atoms with Crippen molar-refractivity contribution in [3.8, 4) is 11.8 Å². The van der Waals surface area contributed by atoms with Gasteiger partial charge in [0.1, 0.15) is 6.29 Å². The third kappa shape index (κ3) is 3.28. The molecule has 0 aliphatic rings. The number of hydrogen-bond donors (Lipinski definition) is 1. The lowest BCUT2D eigenvalue weighted by atomic mass is 10.1. The van der Waals surface area contributed by atoms with Crippen LogP contribution in [0.3, 0.4) is 0 Å². The van der Waals surface area contributed by atoms with E-state index in [1.165, 1.54) is 0 Å². The summed E-state index contributed by atoms with van der Waals surface area (Å²) in [5.74, 6) is 5.01. The number of rotatable bonds is 2. The number of primary amides is 1. The summed E-state index contributed by atoms with van der Waals surface area (Å²) in [6.07, 6.45) is 0.852. The lowest BCUT2D eigenvalue weighted by Gasteiger charge is -1.97. The van der Waals surface area contributed by atoms with Crippen molar-refractivity contribution in [3.05, 3.63) is 34.9 Å². The number of benzene rings is 1. The minimum absolute atomic E-state index is 0.0501. The number of carbonyl (C=O) groups is 2. The van der Waals surface area contributed by atoms with Crippen molar-refractivity contribution in [1.82, 2.24) is 0 Å². The summed E-state index contributed by atoms with van der Waals surface area (Å²) in [6, 6.07) is 5.25. The molecule has 76 valence electrons. The maximum Gasteiger partial charge on any atom is 0.229 e. The van der Waals surface area contributed by atoms with E-state index in [1.54, 1.807) is 18.2 Å². The molecule has 0 heterocycles. The average molecular weight is 201 g/mol. The quantitative estimate of drug-likeness (QED) is 0.574. The highest BCUT2D eigenvalue weighted by molar-refractivity contribution is 5.78. The molecular formula is C12H11NO2. The van der Waals surface area contributed by atoms with Crippen LogP contribution in [0.2, 0.25) is 0 Å². The van der Waals surface area contributed by atoms with Gasteiger partial charge in [0.25, 0.3) is 0 Å². The summed E-state index contributed by atoms with van der Waals surface area (Å²) < 4.78 is 0. The Morgan fingerprint density at radius 2 is 2.27 bits per heavy atom. The van der Waals surface area contributed by atoms with Crippen molar-refractivity contribution >= 4 is 12.2 Å². The second kappa shape index (κ2) is 4.97. The third-order valence-corrected chi connectivity index (χ3v) is 1.89. The maximum atomic E-state index is 10.5. The van der Waals surface area contributed by atoms with Gasteiger partial charge in [-0.3, -0.25) is 9.59 Å². The largest absolute Gasteiger partial charge is 0.369 e. The van der Waals surface area contributed by atoms with Crippen molar-refractivity contribution in [1.29, 1.82) is 0 Å². The van der Waals surface area contributed by atoms with Crippen LogP contribution in [0.25, 0.3) is 0 Å². The van der Waals surface area contributed by atoms with Gasteiger partial charge in [0.2, 0.25) is 5.91 Å². The Morgan fingerprint density at radius 1 is 1.53 bits per heavy atom. The Labute approximate surface area is 88.3 Å². The van der Waals surface area contributed by atoms with Crippen molar-refractivity contribution in [2.45, 2.75) is 13.3 Å². The van der Waals surface area contributed by atoms with E-state index in [0.29, 0.717) is 5.56 Å². The van der Waals surface area contributed by atoms with Crippen LogP contribution < -0.4 is 5.73 Å². The normalized spacial score (nSPS) is 8.87. The molecule has 15 heavy (non-hydrogen) atoms. The first-order valence-corrected chi connectivity index (χ1v) is 4.46. The van der Waals surface area contributed by atoms with E-state index in [1.807, 2.05) is 6.92 Å². The molecule has 0 radical (unpaired) electrons. The predicted molar refractivity (Wildman–Crippen MR) is 57.3 cm³/mol. The molecule has 0 atom stereocenters. The molecular weight excluding hydrogens is 190 g/mol. The van der Waals surface area contributed by atoms with E-state index >= 15 is 0 Å². The molecule has 0 aromatic heterocycles. The summed E-state index contributed by atoms with van der Waals surface area (Å²) >= 11 is 0. The number of aryl methyl sites for hydroxylation is 1. The molecule has 1 rings (SSSR count). The minimum atomic E-state index is -0.441. The van der Waals surface area contributed by atoms with Crippen LogP contribution in [0.15, 0.2) is 18.2 Å². The molecule has 0 saturated carbocycles. The summed E-state index contributed by atoms with van der Waals surface area (Å²) in [5, 5.41) is 0. The molecule has 1 aromatic carbocycles. The Hall–Kier alpha value is -2.08. The summed E-state index contributed by atoms with van der Waals surface area (Å²) in [5.41, 5.74) is 7.24. The van der Waals surface area contributed by atoms with Crippen LogP contribution >= 0.6 is 0 Å². The molecule has 1 aromatic rings. The first-order chi connectivity index (χ1) is 7.13. The van der Waals surface area contributed by atoms with Crippen LogP contribution in [0.4, 0.5) is 0 Å². The topological polar surface area (TPSA) is 60.2 Å². The predicted octanol–water partition coefficient (Wildman–Crippen LogP) is 1.03. The number of carbonyl (C=O) groups excluding carboxylic acids is 2. The first kappa shape index (κ1) is 11.0. The van der Waals surface area contributed by atoms with E-state index in [2.05, 4.69) is 11.8 Å². The lowest BCUT2D eigenvalue weighted by molar-refractivity contribution is -0.117. The second-order valence-electron chi connectivity index (χ2n) is 3.13. The zero-order chi connectivity index (χ0) is 11.3. The second-order valence-corrected chi connectivity index (χ2v) is 3.13. The number of hydrogen-bond acceptors (Lipinski definition) is 2. The zero-order valence-electron chi connectivity index (χ0n) is 8.41. The van der Waals surface area contributed by atoms with E-state index in [0.717, 1.165) is 17.4 Å². The van der Waals surface area contributed by atoms with Gasteiger partial charge in [0.05, 0.1) is 6.42 Å². The van der Waals surface area contributed by atoms with Gasteiger partial charge < -0.3 is 5.73 Å². The van der Waals surface area contributed by atoms with Crippen molar-refractivity contribution in [2.24, 2.45) is 5.73 Å². The molecule has 0 fully saturated rings. The van der Waals surface area contributed by atoms with Gasteiger partial charge in [0, 0.05) is 11.1 Å². The van der Waals surface area contributed by atoms with Crippen LogP contribution in [-0.4, -0.2) is 12.2 Å². The van der Waals surface area contributed by atoms with E-state index in [4.69, 9.17) is 5.73 Å². The molecule has 1 amide bonds. The van der Waals surface area contributed by atoms with Gasteiger partial charge in [-0.25, -0.2) is 0 Å². The average Bonchev–Trinajstić information content (AvgIpc) is 2.17. The molecule has 3 nitrogen and oxygen atoms in total. The van der Waals surface area contributed by atoms with E-state index in [9.17, 15) is 9.59 Å². The third-order valence-electron chi connectivity index (χ3n) is 1.89. The summed E-state index contributed by atoms with van der Waals surface area (Å²) in [7, 11) is 0. The number of nitrogens with two attached hydrogens (primary N) is 1. The molecule has 3 heteroatoms. The van der Waals surface area contributed by atoms with Gasteiger partial charge in [-0.2, -0.15) is 0 Å². The number of aldehydes is 1. The summed E-state index contributed by atoms with van der Waals surface area (Å²) in [6.45, 7) is 1.84. The van der Waals surface area contributed by atoms with Gasteiger partial charge >= 0.3 is 0 Å². The smallest absolute Gasteiger partial charge is 0.229 e. The SMILES string of the molecule is Cc1cc(C#CCC(N)=O)ccc1C=O. The fourth-order valence-corrected chi connectivity index (χ4v) is 1.12. The van der Waals surface area contributed by atoms with Crippen molar-refractivity contribution in [2.75, 3.05) is 0 Å². The molecule has 2 N–H and O–H groups in total.